The Hall–Kier alpha value is 0.730. The van der Waals surface area contributed by atoms with Crippen LogP contribution in [0.4, 0.5) is 0 Å². The molecule has 0 aliphatic carbocycles. The van der Waals surface area contributed by atoms with Crippen molar-refractivity contribution in [2.24, 2.45) is 4.99 Å². The van der Waals surface area contributed by atoms with Crippen LogP contribution in [0.3, 0.4) is 0 Å². The van der Waals surface area contributed by atoms with Gasteiger partial charge in [0.05, 0.1) is 6.54 Å². The van der Waals surface area contributed by atoms with Crippen LogP contribution in [0.15, 0.2) is 4.99 Å². The van der Waals surface area contributed by atoms with Gasteiger partial charge in [0.2, 0.25) is 0 Å². The third kappa shape index (κ3) is 5.05. The molecule has 1 heterocycles. The van der Waals surface area contributed by atoms with E-state index in [1.54, 1.807) is 0 Å². The van der Waals surface area contributed by atoms with Gasteiger partial charge in [0, 0.05) is 5.75 Å². The zero-order chi connectivity index (χ0) is 7.61. The summed E-state index contributed by atoms with van der Waals surface area (Å²) in [5, 5.41) is 0.266. The number of rotatable bonds is 1. The second kappa shape index (κ2) is 4.68. The average Bonchev–Trinajstić information content (AvgIpc) is 2.12. The Morgan fingerprint density at radius 2 is 2.27 bits per heavy atom. The second-order valence-electron chi connectivity index (χ2n) is 1.61. The van der Waals surface area contributed by atoms with Crippen LogP contribution in [0.1, 0.15) is 0 Å². The maximum absolute atomic E-state index is 10.1. The molecule has 1 aliphatic heterocycles. The van der Waals surface area contributed by atoms with Gasteiger partial charge in [-0.3, -0.25) is 9.55 Å². The summed E-state index contributed by atoms with van der Waals surface area (Å²) >= 11 is 1.27. The van der Waals surface area contributed by atoms with Crippen molar-refractivity contribution in [3.05, 3.63) is 0 Å². The number of nitrogens with zero attached hydrogens (tertiary/aromatic N) is 1. The van der Waals surface area contributed by atoms with Crippen LogP contribution in [-0.4, -0.2) is 60.0 Å². The Labute approximate surface area is 91.2 Å². The van der Waals surface area contributed by atoms with Crippen molar-refractivity contribution in [3.8, 4) is 0 Å². The topological polar surface area (TPSA) is 78.8 Å². The van der Waals surface area contributed by atoms with Gasteiger partial charge in [-0.05, 0) is 0 Å². The standard InChI is InChI=1S/C3H6N2O3S2.Na.H/c6-10(7,8)5-3-4-1-2-9-3;;/h1-2H2,(H,4,5)(H,6,7,8);;. The van der Waals surface area contributed by atoms with E-state index in [1.807, 2.05) is 4.72 Å². The molecule has 1 aliphatic rings. The van der Waals surface area contributed by atoms with E-state index >= 15 is 0 Å². The summed E-state index contributed by atoms with van der Waals surface area (Å²) in [5.74, 6) is 0.762. The van der Waals surface area contributed by atoms with Crippen LogP contribution in [0, 0.1) is 0 Å². The van der Waals surface area contributed by atoms with Crippen molar-refractivity contribution in [2.45, 2.75) is 0 Å². The van der Waals surface area contributed by atoms with Crippen LogP contribution >= 0.6 is 11.8 Å². The SMILES string of the molecule is O=S(=O)(O)NC1=NCCS1.[NaH]. The fraction of sp³-hybridized carbons (Fsp3) is 0.667. The summed E-state index contributed by atoms with van der Waals surface area (Å²) in [6.45, 7) is 0.600. The molecule has 0 unspecified atom stereocenters. The van der Waals surface area contributed by atoms with Crippen molar-refractivity contribution >= 4 is 56.8 Å². The molecule has 0 aromatic rings. The van der Waals surface area contributed by atoms with Crippen molar-refractivity contribution in [1.82, 2.24) is 4.72 Å². The third-order valence-corrected chi connectivity index (χ3v) is 2.27. The predicted molar refractivity (Wildman–Crippen MR) is 46.6 cm³/mol. The number of nitrogens with one attached hydrogen (secondary N) is 1. The van der Waals surface area contributed by atoms with Crippen molar-refractivity contribution in [3.63, 3.8) is 0 Å². The summed E-state index contributed by atoms with van der Waals surface area (Å²) in [6.07, 6.45) is 0. The normalized spacial score (nSPS) is 17.0. The minimum atomic E-state index is -4.11. The van der Waals surface area contributed by atoms with Gasteiger partial charge in [-0.1, -0.05) is 11.8 Å². The molecule has 0 bridgehead atoms. The molecule has 0 amide bonds. The third-order valence-electron chi connectivity index (χ3n) is 0.802. The first-order chi connectivity index (χ1) is 4.58. The Morgan fingerprint density at radius 1 is 1.64 bits per heavy atom. The second-order valence-corrected chi connectivity index (χ2v) is 3.85. The van der Waals surface area contributed by atoms with E-state index in [2.05, 4.69) is 4.99 Å². The number of hydrogen-bond acceptors (Lipinski definition) is 4. The van der Waals surface area contributed by atoms with Crippen LogP contribution in [0.25, 0.3) is 0 Å². The number of amidine groups is 1. The van der Waals surface area contributed by atoms with E-state index in [-0.39, 0.29) is 34.7 Å². The number of aliphatic imine (C=N–C) groups is 1. The summed E-state index contributed by atoms with van der Waals surface area (Å²) in [5.41, 5.74) is 0. The molecular weight excluding hydrogens is 199 g/mol. The van der Waals surface area contributed by atoms with Gasteiger partial charge in [-0.2, -0.15) is 8.42 Å². The molecule has 5 nitrogen and oxygen atoms in total. The molecule has 1 rings (SSSR count). The van der Waals surface area contributed by atoms with Crippen LogP contribution in [-0.2, 0) is 10.3 Å². The molecule has 0 saturated heterocycles. The van der Waals surface area contributed by atoms with Gasteiger partial charge in [0.15, 0.2) is 5.17 Å². The van der Waals surface area contributed by atoms with E-state index in [9.17, 15) is 8.42 Å². The molecule has 0 saturated carbocycles. The average molecular weight is 206 g/mol. The van der Waals surface area contributed by atoms with Gasteiger partial charge < -0.3 is 0 Å². The van der Waals surface area contributed by atoms with E-state index < -0.39 is 10.3 Å². The first-order valence-electron chi connectivity index (χ1n) is 2.50. The first kappa shape index (κ1) is 11.7. The molecule has 0 atom stereocenters. The summed E-state index contributed by atoms with van der Waals surface area (Å²) in [6, 6.07) is 0. The van der Waals surface area contributed by atoms with Crippen molar-refractivity contribution in [1.29, 1.82) is 0 Å². The molecule has 2 N–H and O–H groups in total. The Morgan fingerprint density at radius 3 is 2.64 bits per heavy atom. The summed E-state index contributed by atoms with van der Waals surface area (Å²) in [4.78, 5) is 3.75. The van der Waals surface area contributed by atoms with Gasteiger partial charge in [-0.15, -0.1) is 0 Å². The van der Waals surface area contributed by atoms with Gasteiger partial charge in [-0.25, -0.2) is 4.72 Å². The Balaban J connectivity index is 0.000001000. The van der Waals surface area contributed by atoms with E-state index in [4.69, 9.17) is 4.55 Å². The molecule has 8 heteroatoms. The van der Waals surface area contributed by atoms with Crippen LogP contribution in [0.5, 0.6) is 0 Å². The van der Waals surface area contributed by atoms with E-state index in [1.165, 1.54) is 11.8 Å². The first-order valence-corrected chi connectivity index (χ1v) is 4.93. The van der Waals surface area contributed by atoms with E-state index in [0.717, 1.165) is 5.75 Å². The van der Waals surface area contributed by atoms with Crippen molar-refractivity contribution < 1.29 is 13.0 Å². The molecule has 60 valence electrons. The van der Waals surface area contributed by atoms with Crippen molar-refractivity contribution in [2.75, 3.05) is 12.3 Å². The van der Waals surface area contributed by atoms with Gasteiger partial charge in [0.1, 0.15) is 0 Å². The van der Waals surface area contributed by atoms with Gasteiger partial charge in [0.25, 0.3) is 0 Å². The van der Waals surface area contributed by atoms with Gasteiger partial charge >= 0.3 is 39.9 Å². The summed E-state index contributed by atoms with van der Waals surface area (Å²) < 4.78 is 30.4. The van der Waals surface area contributed by atoms with Crippen LogP contribution in [0.2, 0.25) is 0 Å². The fourth-order valence-corrected chi connectivity index (χ4v) is 1.90. The molecule has 0 spiro atoms. The fourth-order valence-electron chi connectivity index (χ4n) is 0.507. The Bertz CT molecular complexity index is 249. The quantitative estimate of drug-likeness (QED) is 0.418. The van der Waals surface area contributed by atoms with Crippen LogP contribution < -0.4 is 4.72 Å². The summed E-state index contributed by atoms with van der Waals surface area (Å²) in [7, 11) is -4.11. The number of hydrogen-bond donors (Lipinski definition) is 2. The predicted octanol–water partition coefficient (Wildman–Crippen LogP) is -1.17. The minimum absolute atomic E-state index is 0. The molecule has 0 aromatic carbocycles. The monoisotopic (exact) mass is 206 g/mol. The molecule has 0 radical (unpaired) electrons. The molecular formula is C3H7N2NaO3S2. The zero-order valence-corrected chi connectivity index (χ0v) is 6.57. The maximum atomic E-state index is 10.1. The molecule has 0 fully saturated rings. The molecule has 11 heavy (non-hydrogen) atoms. The Kier molecular flexibility index (Phi) is 4.99. The zero-order valence-electron chi connectivity index (χ0n) is 4.94. The molecule has 0 aromatic heterocycles. The number of thioether (sulfide) groups is 1. The van der Waals surface area contributed by atoms with E-state index in [0.29, 0.717) is 6.54 Å².